The molecule has 0 saturated carbocycles. The van der Waals surface area contributed by atoms with Crippen LogP contribution in [0.25, 0.3) is 0 Å². The molecular weight excluding hydrogens is 258 g/mol. The number of nitrogens with zero attached hydrogens (tertiary/aromatic N) is 1. The predicted octanol–water partition coefficient (Wildman–Crippen LogP) is 1.67. The number of piperidine rings is 1. The molecule has 1 aliphatic heterocycles. The van der Waals surface area contributed by atoms with Crippen molar-refractivity contribution in [3.63, 3.8) is 0 Å². The third kappa shape index (κ3) is 3.35. The van der Waals surface area contributed by atoms with Crippen LogP contribution in [0.2, 0.25) is 0 Å². The number of rotatable bonds is 5. The summed E-state index contributed by atoms with van der Waals surface area (Å²) in [6.07, 6.45) is 1.69. The van der Waals surface area contributed by atoms with Crippen LogP contribution in [0.4, 0.5) is 0 Å². The van der Waals surface area contributed by atoms with Gasteiger partial charge in [0, 0.05) is 24.7 Å². The number of likely N-dealkylation sites (tertiary alicyclic amines) is 1. The molecular formula is C15H23NO4. The number of aliphatic hydroxyl groups excluding tert-OH is 1. The van der Waals surface area contributed by atoms with Gasteiger partial charge in [-0.2, -0.15) is 0 Å². The van der Waals surface area contributed by atoms with Crippen molar-refractivity contribution in [2.24, 2.45) is 0 Å². The van der Waals surface area contributed by atoms with Gasteiger partial charge in [-0.25, -0.2) is 0 Å². The van der Waals surface area contributed by atoms with E-state index in [-0.39, 0.29) is 6.10 Å². The molecule has 1 fully saturated rings. The molecule has 112 valence electrons. The van der Waals surface area contributed by atoms with Crippen molar-refractivity contribution < 1.29 is 19.3 Å². The van der Waals surface area contributed by atoms with E-state index in [4.69, 9.17) is 14.2 Å². The van der Waals surface area contributed by atoms with Gasteiger partial charge in [-0.15, -0.1) is 0 Å². The highest BCUT2D eigenvalue weighted by atomic mass is 16.5. The van der Waals surface area contributed by atoms with Crippen LogP contribution in [0.3, 0.4) is 0 Å². The molecule has 20 heavy (non-hydrogen) atoms. The second kappa shape index (κ2) is 6.81. The maximum absolute atomic E-state index is 9.75. The molecule has 1 aromatic rings. The average molecular weight is 281 g/mol. The molecule has 1 aliphatic rings. The zero-order valence-corrected chi connectivity index (χ0v) is 12.4. The highest BCUT2D eigenvalue weighted by Crippen LogP contribution is 2.35. The third-order valence-electron chi connectivity index (χ3n) is 3.66. The van der Waals surface area contributed by atoms with Crippen LogP contribution in [0.5, 0.6) is 17.2 Å². The van der Waals surface area contributed by atoms with E-state index in [1.54, 1.807) is 21.3 Å². The summed E-state index contributed by atoms with van der Waals surface area (Å²) in [6.45, 7) is 2.44. The minimum atomic E-state index is -0.227. The van der Waals surface area contributed by atoms with Crippen LogP contribution in [-0.4, -0.2) is 50.5 Å². The van der Waals surface area contributed by atoms with Crippen LogP contribution in [0.15, 0.2) is 12.1 Å². The summed E-state index contributed by atoms with van der Waals surface area (Å²) >= 11 is 0. The summed E-state index contributed by atoms with van der Waals surface area (Å²) in [7, 11) is 4.88. The van der Waals surface area contributed by atoms with Gasteiger partial charge < -0.3 is 19.3 Å². The first-order valence-corrected chi connectivity index (χ1v) is 6.87. The molecule has 0 bridgehead atoms. The Hall–Kier alpha value is -1.46. The molecule has 1 heterocycles. The summed E-state index contributed by atoms with van der Waals surface area (Å²) in [4.78, 5) is 2.23. The van der Waals surface area contributed by atoms with Crippen molar-refractivity contribution in [1.82, 2.24) is 4.90 Å². The van der Waals surface area contributed by atoms with Gasteiger partial charge in [0.15, 0.2) is 11.5 Å². The largest absolute Gasteiger partial charge is 0.496 e. The highest BCUT2D eigenvalue weighted by molar-refractivity contribution is 5.50. The maximum atomic E-state index is 9.75. The van der Waals surface area contributed by atoms with Gasteiger partial charge in [0.1, 0.15) is 5.75 Å². The standard InChI is InChI=1S/C15H23NO4/c1-18-13-8-15(20-3)14(19-2)7-11(13)9-16-6-4-5-12(17)10-16/h7-8,12,17H,4-6,9-10H2,1-3H3. The molecule has 1 N–H and O–H groups in total. The minimum Gasteiger partial charge on any atom is -0.496 e. The Labute approximate surface area is 120 Å². The van der Waals surface area contributed by atoms with Crippen molar-refractivity contribution in [2.75, 3.05) is 34.4 Å². The first kappa shape index (κ1) is 14.9. The number of hydrogen-bond donors (Lipinski definition) is 1. The molecule has 1 unspecified atom stereocenters. The molecule has 0 amide bonds. The Bertz CT molecular complexity index is 450. The number of hydrogen-bond acceptors (Lipinski definition) is 5. The minimum absolute atomic E-state index is 0.227. The van der Waals surface area contributed by atoms with Gasteiger partial charge in [0.2, 0.25) is 0 Å². The first-order chi connectivity index (χ1) is 9.67. The van der Waals surface area contributed by atoms with Gasteiger partial charge >= 0.3 is 0 Å². The van der Waals surface area contributed by atoms with Crippen LogP contribution >= 0.6 is 0 Å². The molecule has 0 spiro atoms. The average Bonchev–Trinajstić information content (AvgIpc) is 2.46. The highest BCUT2D eigenvalue weighted by Gasteiger charge is 2.20. The quantitative estimate of drug-likeness (QED) is 0.889. The van der Waals surface area contributed by atoms with Crippen molar-refractivity contribution in [3.05, 3.63) is 17.7 Å². The number of aliphatic hydroxyl groups is 1. The second-order valence-electron chi connectivity index (χ2n) is 5.05. The summed E-state index contributed by atoms with van der Waals surface area (Å²) in [6, 6.07) is 3.78. The number of β-amino-alcohol motifs (C(OH)–C–C–N with tert-alkyl or cyclic N) is 1. The molecule has 1 aromatic carbocycles. The van der Waals surface area contributed by atoms with E-state index in [9.17, 15) is 5.11 Å². The van der Waals surface area contributed by atoms with E-state index in [2.05, 4.69) is 4.90 Å². The van der Waals surface area contributed by atoms with Crippen LogP contribution < -0.4 is 14.2 Å². The van der Waals surface area contributed by atoms with Crippen molar-refractivity contribution in [3.8, 4) is 17.2 Å². The fourth-order valence-corrected chi connectivity index (χ4v) is 2.63. The first-order valence-electron chi connectivity index (χ1n) is 6.87. The van der Waals surface area contributed by atoms with E-state index < -0.39 is 0 Å². The number of benzene rings is 1. The van der Waals surface area contributed by atoms with Crippen LogP contribution in [0.1, 0.15) is 18.4 Å². The fraction of sp³-hybridized carbons (Fsp3) is 0.600. The monoisotopic (exact) mass is 281 g/mol. The summed E-state index contributed by atoms with van der Waals surface area (Å²) in [5.41, 5.74) is 1.04. The van der Waals surface area contributed by atoms with Gasteiger partial charge in [-0.1, -0.05) is 0 Å². The topological polar surface area (TPSA) is 51.2 Å². The smallest absolute Gasteiger partial charge is 0.164 e. The second-order valence-corrected chi connectivity index (χ2v) is 5.05. The normalized spacial score (nSPS) is 19.7. The Morgan fingerprint density at radius 2 is 1.75 bits per heavy atom. The van der Waals surface area contributed by atoms with E-state index in [0.29, 0.717) is 18.0 Å². The molecule has 0 radical (unpaired) electrons. The van der Waals surface area contributed by atoms with Gasteiger partial charge in [0.25, 0.3) is 0 Å². The zero-order valence-electron chi connectivity index (χ0n) is 12.4. The van der Waals surface area contributed by atoms with E-state index in [0.717, 1.165) is 37.2 Å². The Morgan fingerprint density at radius 3 is 2.35 bits per heavy atom. The number of methoxy groups -OCH3 is 3. The maximum Gasteiger partial charge on any atom is 0.164 e. The van der Waals surface area contributed by atoms with E-state index in [1.807, 2.05) is 12.1 Å². The molecule has 5 nitrogen and oxygen atoms in total. The molecule has 0 aromatic heterocycles. The summed E-state index contributed by atoms with van der Waals surface area (Å²) in [5.74, 6) is 2.13. The van der Waals surface area contributed by atoms with Crippen molar-refractivity contribution in [2.45, 2.75) is 25.5 Å². The lowest BCUT2D eigenvalue weighted by Crippen LogP contribution is -2.37. The SMILES string of the molecule is COc1cc(OC)c(OC)cc1CN1CCCC(O)C1. The Balaban J connectivity index is 2.21. The Kier molecular flexibility index (Phi) is 5.09. The molecule has 1 atom stereocenters. The summed E-state index contributed by atoms with van der Waals surface area (Å²) in [5, 5.41) is 9.75. The Morgan fingerprint density at radius 1 is 1.10 bits per heavy atom. The van der Waals surface area contributed by atoms with Gasteiger partial charge in [-0.05, 0) is 25.5 Å². The molecule has 0 aliphatic carbocycles. The lowest BCUT2D eigenvalue weighted by atomic mass is 10.1. The number of ether oxygens (including phenoxy) is 3. The molecule has 1 saturated heterocycles. The zero-order chi connectivity index (χ0) is 14.5. The summed E-state index contributed by atoms with van der Waals surface area (Å²) < 4.78 is 16.1. The van der Waals surface area contributed by atoms with Crippen molar-refractivity contribution >= 4 is 0 Å². The fourth-order valence-electron chi connectivity index (χ4n) is 2.63. The van der Waals surface area contributed by atoms with Crippen LogP contribution in [-0.2, 0) is 6.54 Å². The molecule has 2 rings (SSSR count). The van der Waals surface area contributed by atoms with E-state index in [1.165, 1.54) is 0 Å². The lowest BCUT2D eigenvalue weighted by Gasteiger charge is -2.30. The third-order valence-corrected chi connectivity index (χ3v) is 3.66. The molecule has 5 heteroatoms. The van der Waals surface area contributed by atoms with Gasteiger partial charge in [0.05, 0.1) is 27.4 Å². The van der Waals surface area contributed by atoms with Gasteiger partial charge in [-0.3, -0.25) is 4.90 Å². The predicted molar refractivity (Wildman–Crippen MR) is 76.6 cm³/mol. The van der Waals surface area contributed by atoms with Crippen molar-refractivity contribution in [1.29, 1.82) is 0 Å². The lowest BCUT2D eigenvalue weighted by molar-refractivity contribution is 0.0664. The van der Waals surface area contributed by atoms with Crippen LogP contribution in [0, 0.1) is 0 Å². The van der Waals surface area contributed by atoms with E-state index >= 15 is 0 Å².